The van der Waals surface area contributed by atoms with Gasteiger partial charge in [-0.3, -0.25) is 0 Å². The van der Waals surface area contributed by atoms with Gasteiger partial charge in [0.25, 0.3) is 0 Å². The highest BCUT2D eigenvalue weighted by Gasteiger charge is 2.24. The van der Waals surface area contributed by atoms with Crippen molar-refractivity contribution in [3.05, 3.63) is 23.7 Å². The van der Waals surface area contributed by atoms with Gasteiger partial charge in [-0.25, -0.2) is 10.4 Å². The van der Waals surface area contributed by atoms with Gasteiger partial charge in [-0.1, -0.05) is 6.42 Å². The number of hydrazine groups is 1. The molecule has 1 atom stereocenters. The predicted molar refractivity (Wildman–Crippen MR) is 62.9 cm³/mol. The van der Waals surface area contributed by atoms with Crippen LogP contribution in [0.1, 0.15) is 49.5 Å². The maximum Gasteiger partial charge on any atom is 0.108 e. The molecule has 1 aromatic heterocycles. The number of fused-ring (bicyclic) bond motifs is 1. The molecular weight excluding hydrogens is 200 g/mol. The van der Waals surface area contributed by atoms with Crippen molar-refractivity contribution in [3.8, 4) is 0 Å². The summed E-state index contributed by atoms with van der Waals surface area (Å²) in [5.41, 5.74) is 5.06. The zero-order chi connectivity index (χ0) is 10.8. The molecule has 0 spiro atoms. The first-order chi connectivity index (χ1) is 7.93. The highest BCUT2D eigenvalue weighted by molar-refractivity contribution is 5.23. The number of furan rings is 1. The first-order valence-electron chi connectivity index (χ1n) is 6.51. The van der Waals surface area contributed by atoms with E-state index in [4.69, 9.17) is 4.42 Å². The molecule has 1 aliphatic carbocycles. The first-order valence-corrected chi connectivity index (χ1v) is 6.51. The molecule has 0 radical (unpaired) electrons. The smallest absolute Gasteiger partial charge is 0.108 e. The molecule has 3 heteroatoms. The van der Waals surface area contributed by atoms with E-state index in [0.717, 1.165) is 6.42 Å². The molecule has 0 saturated carbocycles. The Morgan fingerprint density at radius 3 is 2.94 bits per heavy atom. The van der Waals surface area contributed by atoms with Crippen LogP contribution in [0, 0.1) is 0 Å². The van der Waals surface area contributed by atoms with Crippen LogP contribution < -0.4 is 5.43 Å². The molecule has 1 fully saturated rings. The van der Waals surface area contributed by atoms with Crippen LogP contribution in [0.4, 0.5) is 0 Å². The number of rotatable bonds is 2. The Morgan fingerprint density at radius 2 is 2.06 bits per heavy atom. The average Bonchev–Trinajstić information content (AvgIpc) is 2.80. The summed E-state index contributed by atoms with van der Waals surface area (Å²) in [5, 5.41) is 2.40. The Morgan fingerprint density at radius 1 is 1.19 bits per heavy atom. The van der Waals surface area contributed by atoms with Crippen LogP contribution >= 0.6 is 0 Å². The number of hydrogen-bond acceptors (Lipinski definition) is 3. The minimum Gasteiger partial charge on any atom is -0.469 e. The van der Waals surface area contributed by atoms with Crippen LogP contribution in [0.5, 0.6) is 0 Å². The van der Waals surface area contributed by atoms with Crippen molar-refractivity contribution >= 4 is 0 Å². The van der Waals surface area contributed by atoms with E-state index >= 15 is 0 Å². The Kier molecular flexibility index (Phi) is 2.98. The molecule has 3 rings (SSSR count). The molecule has 2 heterocycles. The maximum absolute atomic E-state index is 5.52. The van der Waals surface area contributed by atoms with Gasteiger partial charge in [-0.15, -0.1) is 0 Å². The molecule has 1 saturated heterocycles. The Bertz CT molecular complexity index is 341. The van der Waals surface area contributed by atoms with E-state index in [9.17, 15) is 0 Å². The van der Waals surface area contributed by atoms with Crippen LogP contribution in [0.25, 0.3) is 0 Å². The molecule has 1 aliphatic heterocycles. The second-order valence-corrected chi connectivity index (χ2v) is 4.92. The minimum absolute atomic E-state index is 0.487. The first kappa shape index (κ1) is 10.4. The van der Waals surface area contributed by atoms with Crippen molar-refractivity contribution < 1.29 is 4.42 Å². The highest BCUT2D eigenvalue weighted by atomic mass is 16.3. The lowest BCUT2D eigenvalue weighted by Gasteiger charge is -2.33. The zero-order valence-corrected chi connectivity index (χ0v) is 9.74. The monoisotopic (exact) mass is 220 g/mol. The van der Waals surface area contributed by atoms with Gasteiger partial charge >= 0.3 is 0 Å². The molecule has 1 N–H and O–H groups in total. The van der Waals surface area contributed by atoms with Gasteiger partial charge < -0.3 is 4.42 Å². The van der Waals surface area contributed by atoms with Gasteiger partial charge in [0.05, 0.1) is 6.26 Å². The summed E-state index contributed by atoms with van der Waals surface area (Å²) in [6.45, 7) is 2.40. The number of nitrogens with one attached hydrogen (secondary N) is 1. The van der Waals surface area contributed by atoms with E-state index < -0.39 is 0 Å². The SMILES string of the molecule is c1cc2c(o1)CCCC2NN1CCCCC1. The van der Waals surface area contributed by atoms with Crippen LogP contribution in [0.2, 0.25) is 0 Å². The normalized spacial score (nSPS) is 26.6. The number of piperidine rings is 1. The van der Waals surface area contributed by atoms with Crippen molar-refractivity contribution in [2.75, 3.05) is 13.1 Å². The Hall–Kier alpha value is -0.800. The number of aryl methyl sites for hydroxylation is 1. The van der Waals surface area contributed by atoms with E-state index in [1.165, 1.54) is 56.5 Å². The van der Waals surface area contributed by atoms with Gasteiger partial charge in [0.15, 0.2) is 0 Å². The summed E-state index contributed by atoms with van der Waals surface area (Å²) in [6, 6.07) is 2.62. The molecule has 16 heavy (non-hydrogen) atoms. The maximum atomic E-state index is 5.52. The van der Waals surface area contributed by atoms with Crippen molar-refractivity contribution in [2.24, 2.45) is 0 Å². The zero-order valence-electron chi connectivity index (χ0n) is 9.74. The quantitative estimate of drug-likeness (QED) is 0.830. The molecular formula is C13H20N2O. The summed E-state index contributed by atoms with van der Waals surface area (Å²) >= 11 is 0. The summed E-state index contributed by atoms with van der Waals surface area (Å²) in [7, 11) is 0. The largest absolute Gasteiger partial charge is 0.469 e. The van der Waals surface area contributed by atoms with Crippen LogP contribution in [0.3, 0.4) is 0 Å². The highest BCUT2D eigenvalue weighted by Crippen LogP contribution is 2.30. The summed E-state index contributed by atoms with van der Waals surface area (Å²) in [4.78, 5) is 0. The average molecular weight is 220 g/mol. The molecule has 1 unspecified atom stereocenters. The van der Waals surface area contributed by atoms with Crippen LogP contribution in [0.15, 0.2) is 16.7 Å². The third kappa shape index (κ3) is 2.02. The van der Waals surface area contributed by atoms with Crippen LogP contribution in [-0.4, -0.2) is 18.1 Å². The standard InChI is InChI=1S/C13H20N2O/c1-2-8-15(9-3-1)14-12-5-4-6-13-11(12)7-10-16-13/h7,10,12,14H,1-6,8-9H2. The van der Waals surface area contributed by atoms with Crippen molar-refractivity contribution in [3.63, 3.8) is 0 Å². The lowest BCUT2D eigenvalue weighted by atomic mass is 9.94. The predicted octanol–water partition coefficient (Wildman–Crippen LogP) is 2.65. The van der Waals surface area contributed by atoms with Gasteiger partial charge in [-0.05, 0) is 31.7 Å². The summed E-state index contributed by atoms with van der Waals surface area (Å²) in [5.74, 6) is 1.20. The van der Waals surface area contributed by atoms with E-state index in [1.807, 2.05) is 6.26 Å². The van der Waals surface area contributed by atoms with Crippen molar-refractivity contribution in [1.82, 2.24) is 10.4 Å². The molecule has 0 aromatic carbocycles. The second-order valence-electron chi connectivity index (χ2n) is 4.92. The topological polar surface area (TPSA) is 28.4 Å². The number of hydrogen-bond donors (Lipinski definition) is 1. The summed E-state index contributed by atoms with van der Waals surface area (Å²) < 4.78 is 5.52. The second kappa shape index (κ2) is 4.60. The summed E-state index contributed by atoms with van der Waals surface area (Å²) in [6.07, 6.45) is 9.48. The van der Waals surface area contributed by atoms with Gasteiger partial charge in [0.2, 0.25) is 0 Å². The fourth-order valence-electron chi connectivity index (χ4n) is 2.86. The van der Waals surface area contributed by atoms with Gasteiger partial charge in [0, 0.05) is 31.1 Å². The van der Waals surface area contributed by atoms with E-state index in [-0.39, 0.29) is 0 Å². The Balaban J connectivity index is 1.67. The molecule has 1 aromatic rings. The fourth-order valence-corrected chi connectivity index (χ4v) is 2.86. The number of nitrogens with zero attached hydrogens (tertiary/aromatic N) is 1. The lowest BCUT2D eigenvalue weighted by molar-refractivity contribution is 0.121. The molecule has 88 valence electrons. The van der Waals surface area contributed by atoms with Gasteiger partial charge in [0.1, 0.15) is 5.76 Å². The Labute approximate surface area is 96.8 Å². The molecule has 3 nitrogen and oxygen atoms in total. The fraction of sp³-hybridized carbons (Fsp3) is 0.692. The lowest BCUT2D eigenvalue weighted by Crippen LogP contribution is -2.44. The van der Waals surface area contributed by atoms with Crippen molar-refractivity contribution in [1.29, 1.82) is 0 Å². The molecule has 2 aliphatic rings. The third-order valence-electron chi connectivity index (χ3n) is 3.75. The van der Waals surface area contributed by atoms with E-state index in [0.29, 0.717) is 6.04 Å². The molecule has 0 bridgehead atoms. The van der Waals surface area contributed by atoms with E-state index in [2.05, 4.69) is 16.5 Å². The van der Waals surface area contributed by atoms with Crippen LogP contribution in [-0.2, 0) is 6.42 Å². The van der Waals surface area contributed by atoms with Gasteiger partial charge in [-0.2, -0.15) is 0 Å². The van der Waals surface area contributed by atoms with Crippen molar-refractivity contribution in [2.45, 2.75) is 44.6 Å². The van der Waals surface area contributed by atoms with E-state index in [1.54, 1.807) is 0 Å². The third-order valence-corrected chi connectivity index (χ3v) is 3.75. The molecule has 0 amide bonds. The minimum atomic E-state index is 0.487.